The summed E-state index contributed by atoms with van der Waals surface area (Å²) in [5.41, 5.74) is 6.44. The minimum absolute atomic E-state index is 0.0177. The maximum atomic E-state index is 14.0. The smallest absolute Gasteiger partial charge is 0.269 e. The number of rotatable bonds is 13. The number of nitrogens with zero attached hydrogens (tertiary/aromatic N) is 2. The van der Waals surface area contributed by atoms with Gasteiger partial charge in [-0.1, -0.05) is 56.3 Å². The highest BCUT2D eigenvalue weighted by Crippen LogP contribution is 2.27. The molecule has 0 unspecified atom stereocenters. The predicted molar refractivity (Wildman–Crippen MR) is 161 cm³/mol. The van der Waals surface area contributed by atoms with Crippen LogP contribution in [0.2, 0.25) is 0 Å². The van der Waals surface area contributed by atoms with E-state index in [0.29, 0.717) is 19.3 Å². The Morgan fingerprint density at radius 3 is 2.51 bits per heavy atom. The van der Waals surface area contributed by atoms with Gasteiger partial charge in [-0.3, -0.25) is 24.2 Å². The average Bonchev–Trinajstić information content (AvgIpc) is 2.99. The zero-order valence-corrected chi connectivity index (χ0v) is 24.4. The molecule has 5 N–H and O–H groups in total. The molecule has 1 aliphatic heterocycles. The Kier molecular flexibility index (Phi) is 10.5. The minimum atomic E-state index is -1.00. The van der Waals surface area contributed by atoms with Gasteiger partial charge >= 0.3 is 0 Å². The molecule has 1 saturated heterocycles. The molecule has 4 rings (SSSR count). The van der Waals surface area contributed by atoms with Crippen molar-refractivity contribution in [3.05, 3.63) is 71.8 Å². The van der Waals surface area contributed by atoms with Crippen LogP contribution in [0.3, 0.4) is 0 Å². The normalized spacial score (nSPS) is 17.0. The summed E-state index contributed by atoms with van der Waals surface area (Å²) < 4.78 is 0. The standard InChI is InChI=1S/C32H38N6O5/c1-19(2)15-26(32(43)37-23(18-39)16-22-10-6-12-36-30(22)41)38-31(42)25(27-28(29(33)40)35-14-13-34-27)17-21-9-5-8-20-7-3-4-11-24(20)21/h3-5,7-9,11,13-14,18-19,22-23,25-26H,6,10,12,15-17H2,1-2H3,(H2,33,40)(H,36,41)(H,37,43)(H,38,42)/t22-,23-,25-,26-/m0/s1. The molecule has 1 aromatic heterocycles. The van der Waals surface area contributed by atoms with E-state index in [0.717, 1.165) is 22.8 Å². The number of hydrogen-bond donors (Lipinski definition) is 4. The molecule has 2 heterocycles. The largest absolute Gasteiger partial charge is 0.364 e. The van der Waals surface area contributed by atoms with Gasteiger partial charge in [-0.25, -0.2) is 4.98 Å². The topological polar surface area (TPSA) is 173 Å². The Morgan fingerprint density at radius 2 is 1.79 bits per heavy atom. The van der Waals surface area contributed by atoms with Crippen molar-refractivity contribution in [1.82, 2.24) is 25.9 Å². The molecule has 1 aliphatic rings. The number of carbonyl (C=O) groups excluding carboxylic acids is 5. The van der Waals surface area contributed by atoms with Crippen molar-refractivity contribution in [2.24, 2.45) is 17.6 Å². The third-order valence-corrected chi connectivity index (χ3v) is 7.68. The van der Waals surface area contributed by atoms with Gasteiger partial charge in [0.25, 0.3) is 5.91 Å². The summed E-state index contributed by atoms with van der Waals surface area (Å²) in [6.45, 7) is 4.42. The molecule has 1 fully saturated rings. The number of fused-ring (bicyclic) bond motifs is 1. The summed E-state index contributed by atoms with van der Waals surface area (Å²) in [6.07, 6.45) is 5.40. The summed E-state index contributed by atoms with van der Waals surface area (Å²) in [7, 11) is 0. The van der Waals surface area contributed by atoms with Crippen LogP contribution in [0.1, 0.15) is 67.2 Å². The number of hydrogen-bond acceptors (Lipinski definition) is 7. The number of piperidine rings is 1. The van der Waals surface area contributed by atoms with E-state index < -0.39 is 35.7 Å². The Bertz CT molecular complexity index is 1490. The first kappa shape index (κ1) is 31.3. The number of primary amides is 1. The lowest BCUT2D eigenvalue weighted by Gasteiger charge is -2.27. The Hall–Kier alpha value is -4.67. The molecule has 0 bridgehead atoms. The molecule has 226 valence electrons. The highest BCUT2D eigenvalue weighted by Gasteiger charge is 2.33. The van der Waals surface area contributed by atoms with Gasteiger partial charge < -0.3 is 26.5 Å². The van der Waals surface area contributed by atoms with E-state index in [2.05, 4.69) is 25.9 Å². The van der Waals surface area contributed by atoms with Crippen LogP contribution >= 0.6 is 0 Å². The third kappa shape index (κ3) is 8.00. The summed E-state index contributed by atoms with van der Waals surface area (Å²) in [5, 5.41) is 10.3. The highest BCUT2D eigenvalue weighted by atomic mass is 16.2. The molecule has 11 heteroatoms. The molecule has 4 amide bonds. The SMILES string of the molecule is CC(C)C[C@H](NC(=O)[C@@H](Cc1cccc2ccccc12)c1nccnc1C(N)=O)C(=O)N[C@H](C=O)C[C@@H]1CCCNC1=O. The van der Waals surface area contributed by atoms with Crippen LogP contribution in [0.5, 0.6) is 0 Å². The number of nitrogens with one attached hydrogen (secondary N) is 3. The second-order valence-electron chi connectivity index (χ2n) is 11.4. The van der Waals surface area contributed by atoms with Crippen molar-refractivity contribution in [3.63, 3.8) is 0 Å². The lowest BCUT2D eigenvalue weighted by atomic mass is 9.90. The van der Waals surface area contributed by atoms with Crippen molar-refractivity contribution in [1.29, 1.82) is 0 Å². The van der Waals surface area contributed by atoms with E-state index >= 15 is 0 Å². The number of aldehydes is 1. The van der Waals surface area contributed by atoms with Gasteiger partial charge in [0.15, 0.2) is 0 Å². The highest BCUT2D eigenvalue weighted by molar-refractivity contribution is 5.96. The molecule has 0 radical (unpaired) electrons. The van der Waals surface area contributed by atoms with E-state index in [1.807, 2.05) is 56.3 Å². The number of nitrogens with two attached hydrogens (primary N) is 1. The van der Waals surface area contributed by atoms with Crippen molar-refractivity contribution in [2.75, 3.05) is 6.54 Å². The lowest BCUT2D eigenvalue weighted by molar-refractivity contribution is -0.132. The predicted octanol–water partition coefficient (Wildman–Crippen LogP) is 2.19. The number of benzene rings is 2. The maximum Gasteiger partial charge on any atom is 0.269 e. The van der Waals surface area contributed by atoms with Gasteiger partial charge in [0, 0.05) is 24.9 Å². The van der Waals surface area contributed by atoms with Crippen LogP contribution in [0.15, 0.2) is 54.9 Å². The molecule has 11 nitrogen and oxygen atoms in total. The Morgan fingerprint density at radius 1 is 1.05 bits per heavy atom. The second kappa shape index (κ2) is 14.5. The van der Waals surface area contributed by atoms with Gasteiger partial charge in [0.05, 0.1) is 17.7 Å². The van der Waals surface area contributed by atoms with E-state index in [1.54, 1.807) is 0 Å². The van der Waals surface area contributed by atoms with Gasteiger partial charge in [0.2, 0.25) is 17.7 Å². The molecule has 0 spiro atoms. The molecule has 3 aromatic rings. The fourth-order valence-corrected chi connectivity index (χ4v) is 5.57. The molecule has 2 aromatic carbocycles. The first-order valence-corrected chi connectivity index (χ1v) is 14.6. The summed E-state index contributed by atoms with van der Waals surface area (Å²) in [5.74, 6) is -3.39. The van der Waals surface area contributed by atoms with Gasteiger partial charge in [-0.2, -0.15) is 0 Å². The van der Waals surface area contributed by atoms with Crippen LogP contribution in [0, 0.1) is 11.8 Å². The average molecular weight is 587 g/mol. The quantitative estimate of drug-likeness (QED) is 0.222. The van der Waals surface area contributed by atoms with E-state index in [1.165, 1.54) is 12.4 Å². The van der Waals surface area contributed by atoms with Crippen molar-refractivity contribution >= 4 is 40.7 Å². The van der Waals surface area contributed by atoms with Crippen LogP contribution < -0.4 is 21.7 Å². The molecule has 43 heavy (non-hydrogen) atoms. The monoisotopic (exact) mass is 586 g/mol. The Labute approximate surface area is 250 Å². The van der Waals surface area contributed by atoms with Gasteiger partial charge in [0.1, 0.15) is 18.0 Å². The summed E-state index contributed by atoms with van der Waals surface area (Å²) >= 11 is 0. The van der Waals surface area contributed by atoms with E-state index in [-0.39, 0.29) is 48.4 Å². The minimum Gasteiger partial charge on any atom is -0.364 e. The number of amides is 4. The van der Waals surface area contributed by atoms with Crippen LogP contribution in [0.25, 0.3) is 10.8 Å². The first-order valence-electron chi connectivity index (χ1n) is 14.6. The summed E-state index contributed by atoms with van der Waals surface area (Å²) in [6, 6.07) is 11.6. The zero-order chi connectivity index (χ0) is 30.9. The molecule has 4 atom stereocenters. The lowest BCUT2D eigenvalue weighted by Crippen LogP contribution is -2.52. The molecule has 0 saturated carbocycles. The third-order valence-electron chi connectivity index (χ3n) is 7.68. The number of aromatic nitrogens is 2. The molecule has 0 aliphatic carbocycles. The zero-order valence-electron chi connectivity index (χ0n) is 24.4. The first-order chi connectivity index (χ1) is 20.7. The second-order valence-corrected chi connectivity index (χ2v) is 11.4. The van der Waals surface area contributed by atoms with Crippen molar-refractivity contribution in [2.45, 2.75) is 64.0 Å². The van der Waals surface area contributed by atoms with Crippen molar-refractivity contribution < 1.29 is 24.0 Å². The van der Waals surface area contributed by atoms with Crippen LogP contribution in [-0.4, -0.2) is 58.5 Å². The van der Waals surface area contributed by atoms with Crippen molar-refractivity contribution in [3.8, 4) is 0 Å². The van der Waals surface area contributed by atoms with Crippen LogP contribution in [0.4, 0.5) is 0 Å². The fraction of sp³-hybridized carbons (Fsp3) is 0.406. The maximum absolute atomic E-state index is 14.0. The van der Waals surface area contributed by atoms with Crippen LogP contribution in [-0.2, 0) is 25.6 Å². The van der Waals surface area contributed by atoms with Gasteiger partial charge in [-0.05, 0) is 54.4 Å². The van der Waals surface area contributed by atoms with E-state index in [4.69, 9.17) is 5.73 Å². The summed E-state index contributed by atoms with van der Waals surface area (Å²) in [4.78, 5) is 72.4. The molecular weight excluding hydrogens is 548 g/mol. The number of carbonyl (C=O) groups is 5. The Balaban J connectivity index is 1.61. The van der Waals surface area contributed by atoms with Gasteiger partial charge in [-0.15, -0.1) is 0 Å². The van der Waals surface area contributed by atoms with E-state index in [9.17, 15) is 24.0 Å². The fourth-order valence-electron chi connectivity index (χ4n) is 5.57. The molecular formula is C32H38N6O5.